The lowest BCUT2D eigenvalue weighted by Gasteiger charge is -2.26. The Balaban J connectivity index is 2.34. The standard InChI is InChI=1S/C13H17N3O4/c1-7(2)16(5-12(15)17)13(18)8-3-10-11(4-9(8)14)20-6-19-10/h3-4,7H,5-6,14H2,1-2H3,(H2,15,17). The number of anilines is 1. The smallest absolute Gasteiger partial charge is 0.256 e. The maximum Gasteiger partial charge on any atom is 0.256 e. The minimum Gasteiger partial charge on any atom is -0.454 e. The maximum absolute atomic E-state index is 12.5. The van der Waals surface area contributed by atoms with Gasteiger partial charge in [0, 0.05) is 17.8 Å². The number of nitrogens with zero attached hydrogens (tertiary/aromatic N) is 1. The van der Waals surface area contributed by atoms with Crippen LogP contribution in [0.4, 0.5) is 5.69 Å². The van der Waals surface area contributed by atoms with Crippen LogP contribution < -0.4 is 20.9 Å². The largest absolute Gasteiger partial charge is 0.454 e. The summed E-state index contributed by atoms with van der Waals surface area (Å²) in [4.78, 5) is 24.9. The van der Waals surface area contributed by atoms with Crippen LogP contribution in [0.5, 0.6) is 11.5 Å². The molecule has 0 saturated carbocycles. The fourth-order valence-electron chi connectivity index (χ4n) is 1.95. The normalized spacial score (nSPS) is 12.6. The van der Waals surface area contributed by atoms with Crippen molar-refractivity contribution in [3.8, 4) is 11.5 Å². The van der Waals surface area contributed by atoms with Crippen LogP contribution in [0.1, 0.15) is 24.2 Å². The Morgan fingerprint density at radius 1 is 1.30 bits per heavy atom. The molecule has 0 spiro atoms. The highest BCUT2D eigenvalue weighted by Crippen LogP contribution is 2.36. The van der Waals surface area contributed by atoms with E-state index in [0.29, 0.717) is 11.5 Å². The van der Waals surface area contributed by atoms with Crippen molar-refractivity contribution < 1.29 is 19.1 Å². The second kappa shape index (κ2) is 5.28. The molecule has 1 aromatic rings. The highest BCUT2D eigenvalue weighted by atomic mass is 16.7. The van der Waals surface area contributed by atoms with Gasteiger partial charge < -0.3 is 25.8 Å². The highest BCUT2D eigenvalue weighted by molar-refractivity contribution is 6.01. The lowest BCUT2D eigenvalue weighted by molar-refractivity contribution is -0.119. The molecule has 1 aliphatic rings. The average Bonchev–Trinajstić information content (AvgIpc) is 2.80. The quantitative estimate of drug-likeness (QED) is 0.772. The first kappa shape index (κ1) is 14.0. The zero-order chi connectivity index (χ0) is 14.9. The van der Waals surface area contributed by atoms with Crippen LogP contribution in [-0.2, 0) is 4.79 Å². The van der Waals surface area contributed by atoms with Gasteiger partial charge in [-0.15, -0.1) is 0 Å². The molecule has 0 bridgehead atoms. The van der Waals surface area contributed by atoms with Crippen LogP contribution in [0.25, 0.3) is 0 Å². The van der Waals surface area contributed by atoms with Crippen molar-refractivity contribution in [1.82, 2.24) is 4.90 Å². The average molecular weight is 279 g/mol. The van der Waals surface area contributed by atoms with Gasteiger partial charge in [-0.25, -0.2) is 0 Å². The van der Waals surface area contributed by atoms with Gasteiger partial charge in [-0.2, -0.15) is 0 Å². The predicted molar refractivity (Wildman–Crippen MR) is 72.3 cm³/mol. The molecule has 0 fully saturated rings. The van der Waals surface area contributed by atoms with Crippen molar-refractivity contribution in [3.63, 3.8) is 0 Å². The van der Waals surface area contributed by atoms with Gasteiger partial charge in [0.2, 0.25) is 12.7 Å². The SMILES string of the molecule is CC(C)N(CC(N)=O)C(=O)c1cc2c(cc1N)OCO2. The van der Waals surface area contributed by atoms with E-state index in [1.54, 1.807) is 19.9 Å². The Kier molecular flexibility index (Phi) is 3.69. The summed E-state index contributed by atoms with van der Waals surface area (Å²) >= 11 is 0. The predicted octanol–water partition coefficient (Wildman–Crippen LogP) is 0.333. The van der Waals surface area contributed by atoms with E-state index in [1.807, 2.05) is 0 Å². The third kappa shape index (κ3) is 2.61. The molecular formula is C13H17N3O4. The second-order valence-corrected chi connectivity index (χ2v) is 4.79. The molecule has 108 valence electrons. The van der Waals surface area contributed by atoms with Gasteiger partial charge in [-0.05, 0) is 19.9 Å². The van der Waals surface area contributed by atoms with E-state index in [2.05, 4.69) is 0 Å². The molecule has 7 nitrogen and oxygen atoms in total. The molecule has 0 aliphatic carbocycles. The molecule has 4 N–H and O–H groups in total. The summed E-state index contributed by atoms with van der Waals surface area (Å²) in [5.74, 6) is 0.0244. The van der Waals surface area contributed by atoms with Gasteiger partial charge in [0.1, 0.15) is 0 Å². The molecular weight excluding hydrogens is 262 g/mol. The first-order chi connectivity index (χ1) is 9.40. The Morgan fingerprint density at radius 2 is 1.90 bits per heavy atom. The zero-order valence-corrected chi connectivity index (χ0v) is 11.4. The highest BCUT2D eigenvalue weighted by Gasteiger charge is 2.25. The van der Waals surface area contributed by atoms with Gasteiger partial charge in [-0.1, -0.05) is 0 Å². The van der Waals surface area contributed by atoms with Crippen molar-refractivity contribution >= 4 is 17.5 Å². The number of amides is 2. The number of carbonyl (C=O) groups is 2. The van der Waals surface area contributed by atoms with Crippen LogP contribution in [0.3, 0.4) is 0 Å². The fourth-order valence-corrected chi connectivity index (χ4v) is 1.95. The first-order valence-corrected chi connectivity index (χ1v) is 6.18. The second-order valence-electron chi connectivity index (χ2n) is 4.79. The summed E-state index contributed by atoms with van der Waals surface area (Å²) in [5, 5.41) is 0. The molecule has 20 heavy (non-hydrogen) atoms. The summed E-state index contributed by atoms with van der Waals surface area (Å²) in [6, 6.07) is 2.88. The van der Waals surface area contributed by atoms with Gasteiger partial charge in [0.25, 0.3) is 5.91 Å². The number of carbonyl (C=O) groups excluding carboxylic acids is 2. The lowest BCUT2D eigenvalue weighted by Crippen LogP contribution is -2.43. The molecule has 0 atom stereocenters. The molecule has 1 heterocycles. The monoisotopic (exact) mass is 279 g/mol. The molecule has 2 amide bonds. The zero-order valence-electron chi connectivity index (χ0n) is 11.4. The number of rotatable bonds is 4. The first-order valence-electron chi connectivity index (χ1n) is 6.18. The van der Waals surface area contributed by atoms with Crippen LogP contribution in [0.2, 0.25) is 0 Å². The topological polar surface area (TPSA) is 108 Å². The number of nitrogens with two attached hydrogens (primary N) is 2. The summed E-state index contributed by atoms with van der Waals surface area (Å²) < 4.78 is 10.4. The van der Waals surface area contributed by atoms with Crippen molar-refractivity contribution in [3.05, 3.63) is 17.7 Å². The third-order valence-electron chi connectivity index (χ3n) is 2.99. The molecule has 7 heteroatoms. The number of fused-ring (bicyclic) bond motifs is 1. The number of benzene rings is 1. The van der Waals surface area contributed by atoms with Crippen molar-refractivity contribution in [2.45, 2.75) is 19.9 Å². The van der Waals surface area contributed by atoms with Gasteiger partial charge in [0.05, 0.1) is 12.1 Å². The summed E-state index contributed by atoms with van der Waals surface area (Å²) in [7, 11) is 0. The van der Waals surface area contributed by atoms with E-state index in [4.69, 9.17) is 20.9 Å². The fraction of sp³-hybridized carbons (Fsp3) is 0.385. The van der Waals surface area contributed by atoms with Crippen LogP contribution in [0.15, 0.2) is 12.1 Å². The summed E-state index contributed by atoms with van der Waals surface area (Å²) in [6.45, 7) is 3.53. The van der Waals surface area contributed by atoms with Crippen molar-refractivity contribution in [2.24, 2.45) is 5.73 Å². The van der Waals surface area contributed by atoms with Crippen LogP contribution in [-0.4, -0.2) is 36.1 Å². The minimum atomic E-state index is -0.577. The molecule has 0 unspecified atom stereocenters. The van der Waals surface area contributed by atoms with E-state index < -0.39 is 5.91 Å². The Bertz CT molecular complexity index is 557. The number of hydrogen-bond acceptors (Lipinski definition) is 5. The van der Waals surface area contributed by atoms with E-state index in [0.717, 1.165) is 0 Å². The van der Waals surface area contributed by atoms with Gasteiger partial charge >= 0.3 is 0 Å². The Morgan fingerprint density at radius 3 is 2.45 bits per heavy atom. The van der Waals surface area contributed by atoms with Crippen molar-refractivity contribution in [1.29, 1.82) is 0 Å². The number of nitrogen functional groups attached to an aromatic ring is 1. The molecule has 1 aliphatic heterocycles. The molecule has 0 saturated heterocycles. The van der Waals surface area contributed by atoms with E-state index in [-0.39, 0.29) is 36.5 Å². The minimum absolute atomic E-state index is 0.0988. The van der Waals surface area contributed by atoms with Crippen molar-refractivity contribution in [2.75, 3.05) is 19.1 Å². The van der Waals surface area contributed by atoms with Gasteiger partial charge in [-0.3, -0.25) is 9.59 Å². The van der Waals surface area contributed by atoms with Gasteiger partial charge in [0.15, 0.2) is 11.5 Å². The van der Waals surface area contributed by atoms with E-state index in [9.17, 15) is 9.59 Å². The Hall–Kier alpha value is -2.44. The number of ether oxygens (including phenoxy) is 2. The number of hydrogen-bond donors (Lipinski definition) is 2. The summed E-state index contributed by atoms with van der Waals surface area (Å²) in [6.07, 6.45) is 0. The third-order valence-corrected chi connectivity index (χ3v) is 2.99. The summed E-state index contributed by atoms with van der Waals surface area (Å²) in [5.41, 5.74) is 11.6. The Labute approximate surface area is 116 Å². The molecule has 1 aromatic carbocycles. The maximum atomic E-state index is 12.5. The van der Waals surface area contributed by atoms with Crippen LogP contribution >= 0.6 is 0 Å². The van der Waals surface area contributed by atoms with Crippen LogP contribution in [0, 0.1) is 0 Å². The molecule has 2 rings (SSSR count). The lowest BCUT2D eigenvalue weighted by atomic mass is 10.1. The molecule has 0 radical (unpaired) electrons. The van der Waals surface area contributed by atoms with E-state index in [1.165, 1.54) is 11.0 Å². The van der Waals surface area contributed by atoms with E-state index >= 15 is 0 Å². The molecule has 0 aromatic heterocycles. The number of primary amides is 1.